The largest absolute Gasteiger partial charge is 0.337 e. The summed E-state index contributed by atoms with van der Waals surface area (Å²) < 4.78 is 13.3. The maximum atomic E-state index is 13.3. The molecule has 1 aromatic heterocycles. The maximum Gasteiger partial charge on any atom is 0.265 e. The molecule has 24 heavy (non-hydrogen) atoms. The monoisotopic (exact) mass is 366 g/mol. The Hall–Kier alpha value is -1.92. The lowest BCUT2D eigenvalue weighted by atomic mass is 10.2. The molecule has 1 aliphatic rings. The van der Waals surface area contributed by atoms with Crippen molar-refractivity contribution in [3.05, 3.63) is 57.0 Å². The van der Waals surface area contributed by atoms with Crippen molar-refractivity contribution in [2.45, 2.75) is 13.0 Å². The molecule has 2 amide bonds. The average Bonchev–Trinajstić information content (AvgIpc) is 2.90. The van der Waals surface area contributed by atoms with Gasteiger partial charge >= 0.3 is 0 Å². The van der Waals surface area contributed by atoms with Gasteiger partial charge in [-0.15, -0.1) is 11.3 Å². The molecule has 4 nitrogen and oxygen atoms in total. The van der Waals surface area contributed by atoms with Crippen molar-refractivity contribution in [1.29, 1.82) is 0 Å². The van der Waals surface area contributed by atoms with E-state index in [0.29, 0.717) is 36.1 Å². The average molecular weight is 367 g/mol. The van der Waals surface area contributed by atoms with Crippen LogP contribution in [0.4, 0.5) is 4.39 Å². The topological polar surface area (TPSA) is 40.6 Å². The molecule has 1 aliphatic heterocycles. The summed E-state index contributed by atoms with van der Waals surface area (Å²) in [4.78, 5) is 28.6. The summed E-state index contributed by atoms with van der Waals surface area (Å²) >= 11 is 7.32. The Morgan fingerprint density at radius 3 is 2.79 bits per heavy atom. The van der Waals surface area contributed by atoms with Crippen molar-refractivity contribution in [3.63, 3.8) is 0 Å². The summed E-state index contributed by atoms with van der Waals surface area (Å²) in [6.45, 7) is 1.57. The van der Waals surface area contributed by atoms with Gasteiger partial charge in [-0.3, -0.25) is 9.59 Å². The van der Waals surface area contributed by atoms with Crippen LogP contribution in [0.1, 0.15) is 21.7 Å². The fraction of sp³-hybridized carbons (Fsp3) is 0.294. The quantitative estimate of drug-likeness (QED) is 0.835. The molecule has 0 saturated carbocycles. The molecule has 0 N–H and O–H groups in total. The van der Waals surface area contributed by atoms with Crippen molar-refractivity contribution < 1.29 is 14.0 Å². The molecule has 2 heterocycles. The molecule has 1 saturated heterocycles. The highest BCUT2D eigenvalue weighted by atomic mass is 35.5. The molecule has 0 spiro atoms. The third-order valence-electron chi connectivity index (χ3n) is 3.95. The Labute approximate surface area is 148 Å². The lowest BCUT2D eigenvalue weighted by Gasteiger charge is -2.22. The molecule has 0 unspecified atom stereocenters. The number of carbonyl (C=O) groups excluding carboxylic acids is 2. The van der Waals surface area contributed by atoms with E-state index in [-0.39, 0.29) is 24.1 Å². The molecular formula is C17H16ClFN2O2S. The minimum atomic E-state index is -0.320. The molecule has 1 fully saturated rings. The van der Waals surface area contributed by atoms with E-state index in [9.17, 15) is 14.0 Å². The van der Waals surface area contributed by atoms with Crippen LogP contribution < -0.4 is 0 Å². The first-order valence-corrected chi connectivity index (χ1v) is 8.85. The molecule has 1 aromatic carbocycles. The second kappa shape index (κ2) is 7.32. The number of benzene rings is 1. The van der Waals surface area contributed by atoms with E-state index >= 15 is 0 Å². The fourth-order valence-electron chi connectivity index (χ4n) is 2.68. The molecular weight excluding hydrogens is 351 g/mol. The zero-order valence-corrected chi connectivity index (χ0v) is 14.4. The van der Waals surface area contributed by atoms with Crippen LogP contribution in [0.15, 0.2) is 35.7 Å². The third kappa shape index (κ3) is 3.76. The predicted octanol–water partition coefficient (Wildman–Crippen LogP) is 3.42. The number of carbonyl (C=O) groups is 2. The maximum absolute atomic E-state index is 13.3. The summed E-state index contributed by atoms with van der Waals surface area (Å²) in [6, 6.07) is 7.90. The van der Waals surface area contributed by atoms with Gasteiger partial charge in [0, 0.05) is 32.6 Å². The van der Waals surface area contributed by atoms with Crippen LogP contribution in [0, 0.1) is 5.82 Å². The lowest BCUT2D eigenvalue weighted by molar-refractivity contribution is -0.130. The van der Waals surface area contributed by atoms with E-state index in [1.807, 2.05) is 0 Å². The van der Waals surface area contributed by atoms with Crippen LogP contribution >= 0.6 is 22.9 Å². The van der Waals surface area contributed by atoms with Gasteiger partial charge in [0.05, 0.1) is 5.02 Å². The van der Waals surface area contributed by atoms with Crippen LogP contribution in [0.2, 0.25) is 5.02 Å². The number of hydrogen-bond donors (Lipinski definition) is 0. The Morgan fingerprint density at radius 2 is 2.08 bits per heavy atom. The molecule has 3 rings (SSSR count). The van der Waals surface area contributed by atoms with Crippen molar-refractivity contribution in [2.75, 3.05) is 19.6 Å². The molecule has 0 bridgehead atoms. The van der Waals surface area contributed by atoms with Gasteiger partial charge in [-0.2, -0.15) is 0 Å². The third-order valence-corrected chi connectivity index (χ3v) is 5.28. The highest BCUT2D eigenvalue weighted by molar-refractivity contribution is 7.12. The summed E-state index contributed by atoms with van der Waals surface area (Å²) in [6.07, 6.45) is 0.254. The van der Waals surface area contributed by atoms with Crippen molar-refractivity contribution >= 4 is 34.8 Å². The van der Waals surface area contributed by atoms with E-state index in [0.717, 1.165) is 5.56 Å². The first-order chi connectivity index (χ1) is 11.5. The normalized spacial score (nSPS) is 15.5. The van der Waals surface area contributed by atoms with E-state index in [1.165, 1.54) is 23.5 Å². The van der Waals surface area contributed by atoms with E-state index in [4.69, 9.17) is 11.6 Å². The Bertz CT molecular complexity index is 765. The van der Waals surface area contributed by atoms with Gasteiger partial charge in [-0.25, -0.2) is 4.39 Å². The van der Waals surface area contributed by atoms with Crippen LogP contribution in [0.25, 0.3) is 0 Å². The summed E-state index contributed by atoms with van der Waals surface area (Å²) in [5, 5.41) is 2.21. The first kappa shape index (κ1) is 16.9. The Kier molecular flexibility index (Phi) is 5.16. The second-order valence-electron chi connectivity index (χ2n) is 5.59. The number of amides is 2. The van der Waals surface area contributed by atoms with Crippen LogP contribution in [-0.4, -0.2) is 41.2 Å². The molecule has 126 valence electrons. The standard InChI is InChI=1S/C17H16ClFN2O2S/c18-14-5-9-24-16(14)17(23)20-6-4-15(22)21(8-7-20)11-12-2-1-3-13(19)10-12/h1-3,5,9-10H,4,6-8,11H2. The van der Waals surface area contributed by atoms with Crippen LogP contribution in [-0.2, 0) is 11.3 Å². The van der Waals surface area contributed by atoms with Gasteiger partial charge in [0.1, 0.15) is 10.7 Å². The fourth-order valence-corrected chi connectivity index (χ4v) is 3.79. The SMILES string of the molecule is O=C1CCN(C(=O)c2sccc2Cl)CCN1Cc1cccc(F)c1. The number of hydrogen-bond acceptors (Lipinski definition) is 3. The smallest absolute Gasteiger partial charge is 0.265 e. The van der Waals surface area contributed by atoms with Crippen molar-refractivity contribution in [3.8, 4) is 0 Å². The van der Waals surface area contributed by atoms with Gasteiger partial charge in [-0.05, 0) is 29.1 Å². The highest BCUT2D eigenvalue weighted by Crippen LogP contribution is 2.24. The van der Waals surface area contributed by atoms with E-state index < -0.39 is 0 Å². The number of rotatable bonds is 3. The Balaban J connectivity index is 1.68. The van der Waals surface area contributed by atoms with Crippen molar-refractivity contribution in [1.82, 2.24) is 9.80 Å². The molecule has 2 aromatic rings. The van der Waals surface area contributed by atoms with Crippen LogP contribution in [0.3, 0.4) is 0 Å². The second-order valence-corrected chi connectivity index (χ2v) is 6.91. The molecule has 7 heteroatoms. The lowest BCUT2D eigenvalue weighted by Crippen LogP contribution is -2.35. The minimum Gasteiger partial charge on any atom is -0.337 e. The molecule has 0 radical (unpaired) electrons. The van der Waals surface area contributed by atoms with Gasteiger partial charge < -0.3 is 9.80 Å². The predicted molar refractivity (Wildman–Crippen MR) is 91.7 cm³/mol. The zero-order chi connectivity index (χ0) is 17.1. The highest BCUT2D eigenvalue weighted by Gasteiger charge is 2.26. The van der Waals surface area contributed by atoms with Gasteiger partial charge in [0.15, 0.2) is 0 Å². The summed E-state index contributed by atoms with van der Waals surface area (Å²) in [7, 11) is 0. The number of thiophene rings is 1. The Morgan fingerprint density at radius 1 is 1.25 bits per heavy atom. The van der Waals surface area contributed by atoms with E-state index in [1.54, 1.807) is 33.4 Å². The minimum absolute atomic E-state index is 0.0353. The molecule has 0 aliphatic carbocycles. The molecule has 0 atom stereocenters. The summed E-state index contributed by atoms with van der Waals surface area (Å²) in [5.74, 6) is -0.499. The number of nitrogens with zero attached hydrogens (tertiary/aromatic N) is 2. The van der Waals surface area contributed by atoms with Crippen molar-refractivity contribution in [2.24, 2.45) is 0 Å². The number of halogens is 2. The van der Waals surface area contributed by atoms with Gasteiger partial charge in [-0.1, -0.05) is 23.7 Å². The first-order valence-electron chi connectivity index (χ1n) is 7.59. The summed E-state index contributed by atoms with van der Waals surface area (Å²) in [5.41, 5.74) is 0.740. The van der Waals surface area contributed by atoms with Gasteiger partial charge in [0.2, 0.25) is 5.91 Å². The van der Waals surface area contributed by atoms with E-state index in [2.05, 4.69) is 0 Å². The zero-order valence-electron chi connectivity index (χ0n) is 12.9. The van der Waals surface area contributed by atoms with Gasteiger partial charge in [0.25, 0.3) is 5.91 Å². The van der Waals surface area contributed by atoms with Crippen LogP contribution in [0.5, 0.6) is 0 Å².